The van der Waals surface area contributed by atoms with Gasteiger partial charge in [0.2, 0.25) is 0 Å². The number of aromatic nitrogens is 2. The molecule has 1 amide bonds. The molecule has 2 aromatic heterocycles. The van der Waals surface area contributed by atoms with E-state index in [9.17, 15) is 9.59 Å². The highest BCUT2D eigenvalue weighted by atomic mass is 32.1. The van der Waals surface area contributed by atoms with Crippen LogP contribution in [0.1, 0.15) is 112 Å². The van der Waals surface area contributed by atoms with Crippen molar-refractivity contribution in [1.82, 2.24) is 15.3 Å². The monoisotopic (exact) mass is 651 g/mol. The molecule has 47 heavy (non-hydrogen) atoms. The van der Waals surface area contributed by atoms with E-state index in [4.69, 9.17) is 4.74 Å². The van der Waals surface area contributed by atoms with Crippen LogP contribution in [-0.4, -0.2) is 33.5 Å². The number of thiophene rings is 1. The van der Waals surface area contributed by atoms with Crippen molar-refractivity contribution in [3.05, 3.63) is 93.9 Å². The van der Waals surface area contributed by atoms with Crippen LogP contribution in [0.4, 0.5) is 0 Å². The van der Waals surface area contributed by atoms with Crippen LogP contribution in [0.2, 0.25) is 0 Å². The second-order valence-electron chi connectivity index (χ2n) is 14.9. The summed E-state index contributed by atoms with van der Waals surface area (Å²) in [6.07, 6.45) is 10.6. The van der Waals surface area contributed by atoms with Gasteiger partial charge in [-0.2, -0.15) is 0 Å². The highest BCUT2D eigenvalue weighted by molar-refractivity contribution is 7.14. The van der Waals surface area contributed by atoms with Crippen LogP contribution < -0.4 is 5.32 Å². The highest BCUT2D eigenvalue weighted by Gasteiger charge is 2.28. The molecule has 1 N–H and O–H groups in total. The largest absolute Gasteiger partial charge is 0.458 e. The van der Waals surface area contributed by atoms with Crippen molar-refractivity contribution in [1.29, 1.82) is 0 Å². The standard InChI is InChI=1S/C40H49N3O3S/c1-8-26-9-13-28(14-10-26)29-17-19-30(20-18-29)32-24-41-36(42-25-32)31-15-11-27(12-16-31)23-33(38(45)46-40(5,6)7)43-37(44)34-21-22-35(47-34)39(2,3)4/h11-12,15-22,24-26,28,33H,8-10,13-14,23H2,1-7H3,(H,43,44). The number of hydrogen-bond acceptors (Lipinski definition) is 6. The van der Waals surface area contributed by atoms with E-state index in [1.165, 1.54) is 49.0 Å². The van der Waals surface area contributed by atoms with Gasteiger partial charge in [-0.3, -0.25) is 4.79 Å². The molecule has 0 aliphatic heterocycles. The van der Waals surface area contributed by atoms with Crippen LogP contribution in [0.25, 0.3) is 22.5 Å². The Morgan fingerprint density at radius 2 is 1.45 bits per heavy atom. The third-order valence-electron chi connectivity index (χ3n) is 9.01. The van der Waals surface area contributed by atoms with Gasteiger partial charge in [0.25, 0.3) is 5.91 Å². The zero-order chi connectivity index (χ0) is 33.8. The van der Waals surface area contributed by atoms with Gasteiger partial charge in [0, 0.05) is 34.8 Å². The molecule has 1 aliphatic rings. The summed E-state index contributed by atoms with van der Waals surface area (Å²) in [5.41, 5.74) is 4.59. The van der Waals surface area contributed by atoms with Gasteiger partial charge >= 0.3 is 5.97 Å². The molecule has 0 bridgehead atoms. The van der Waals surface area contributed by atoms with Gasteiger partial charge in [0.1, 0.15) is 11.6 Å². The average Bonchev–Trinajstić information content (AvgIpc) is 3.56. The molecular formula is C40H49N3O3S. The Kier molecular flexibility index (Phi) is 10.6. The lowest BCUT2D eigenvalue weighted by atomic mass is 9.78. The van der Waals surface area contributed by atoms with Crippen molar-refractivity contribution in [3.63, 3.8) is 0 Å². The number of carbonyl (C=O) groups excluding carboxylic acids is 2. The van der Waals surface area contributed by atoms with Crippen LogP contribution in [-0.2, 0) is 21.4 Å². The molecule has 1 saturated carbocycles. The summed E-state index contributed by atoms with van der Waals surface area (Å²) < 4.78 is 5.68. The number of esters is 1. The van der Waals surface area contributed by atoms with Crippen molar-refractivity contribution in [2.75, 3.05) is 0 Å². The maximum absolute atomic E-state index is 13.2. The summed E-state index contributed by atoms with van der Waals surface area (Å²) in [5, 5.41) is 2.94. The van der Waals surface area contributed by atoms with E-state index in [1.807, 2.05) is 69.6 Å². The Balaban J connectivity index is 1.24. The van der Waals surface area contributed by atoms with Gasteiger partial charge in [-0.05, 0) is 92.5 Å². The topological polar surface area (TPSA) is 81.2 Å². The molecule has 1 fully saturated rings. The summed E-state index contributed by atoms with van der Waals surface area (Å²) in [6.45, 7) is 14.1. The molecule has 7 heteroatoms. The normalized spacial score (nSPS) is 17.6. The Morgan fingerprint density at radius 3 is 2.00 bits per heavy atom. The molecule has 4 aromatic rings. The van der Waals surface area contributed by atoms with Gasteiger partial charge in [0.15, 0.2) is 5.82 Å². The van der Waals surface area contributed by atoms with Crippen molar-refractivity contribution < 1.29 is 14.3 Å². The number of carbonyl (C=O) groups is 2. The smallest absolute Gasteiger partial charge is 0.329 e. The first-order chi connectivity index (χ1) is 22.3. The molecule has 1 aliphatic carbocycles. The molecule has 0 saturated heterocycles. The van der Waals surface area contributed by atoms with Gasteiger partial charge in [-0.15, -0.1) is 11.3 Å². The lowest BCUT2D eigenvalue weighted by Gasteiger charge is -2.28. The van der Waals surface area contributed by atoms with Crippen molar-refractivity contribution in [2.24, 2.45) is 5.92 Å². The molecule has 0 radical (unpaired) electrons. The lowest BCUT2D eigenvalue weighted by molar-refractivity contribution is -0.157. The average molecular weight is 652 g/mol. The molecule has 1 unspecified atom stereocenters. The molecular weight excluding hydrogens is 603 g/mol. The number of benzene rings is 2. The van der Waals surface area contributed by atoms with E-state index in [0.29, 0.717) is 23.0 Å². The third kappa shape index (κ3) is 9.16. The summed E-state index contributed by atoms with van der Waals surface area (Å²) in [4.78, 5) is 37.4. The van der Waals surface area contributed by atoms with Crippen molar-refractivity contribution >= 4 is 23.2 Å². The molecule has 2 heterocycles. The molecule has 248 valence electrons. The second kappa shape index (κ2) is 14.5. The number of amides is 1. The fourth-order valence-electron chi connectivity index (χ4n) is 6.16. The number of rotatable bonds is 9. The maximum Gasteiger partial charge on any atom is 0.329 e. The molecule has 6 nitrogen and oxygen atoms in total. The predicted octanol–water partition coefficient (Wildman–Crippen LogP) is 9.54. The minimum Gasteiger partial charge on any atom is -0.458 e. The number of nitrogens with one attached hydrogen (secondary N) is 1. The third-order valence-corrected chi connectivity index (χ3v) is 10.5. The molecule has 2 aromatic carbocycles. The van der Waals surface area contributed by atoms with E-state index in [2.05, 4.69) is 67.2 Å². The van der Waals surface area contributed by atoms with Crippen LogP contribution >= 0.6 is 11.3 Å². The lowest BCUT2D eigenvalue weighted by Crippen LogP contribution is -2.45. The van der Waals surface area contributed by atoms with Crippen LogP contribution in [0.3, 0.4) is 0 Å². The van der Waals surface area contributed by atoms with E-state index < -0.39 is 17.6 Å². The van der Waals surface area contributed by atoms with Gasteiger partial charge in [-0.25, -0.2) is 14.8 Å². The number of hydrogen-bond donors (Lipinski definition) is 1. The van der Waals surface area contributed by atoms with Gasteiger partial charge < -0.3 is 10.1 Å². The minimum absolute atomic E-state index is 0.0575. The fraction of sp³-hybridized carbons (Fsp3) is 0.450. The second-order valence-corrected chi connectivity index (χ2v) is 16.0. The highest BCUT2D eigenvalue weighted by Crippen LogP contribution is 2.37. The zero-order valence-electron chi connectivity index (χ0n) is 28.9. The summed E-state index contributed by atoms with van der Waals surface area (Å²) in [5.74, 6) is 1.47. The fourth-order valence-corrected chi connectivity index (χ4v) is 7.13. The van der Waals surface area contributed by atoms with E-state index >= 15 is 0 Å². The quantitative estimate of drug-likeness (QED) is 0.182. The Labute approximate surface area is 284 Å². The minimum atomic E-state index is -0.832. The van der Waals surface area contributed by atoms with Crippen LogP contribution in [0, 0.1) is 5.92 Å². The van der Waals surface area contributed by atoms with E-state index in [-0.39, 0.29) is 11.3 Å². The van der Waals surface area contributed by atoms with Crippen molar-refractivity contribution in [2.45, 2.75) is 110 Å². The van der Waals surface area contributed by atoms with Gasteiger partial charge in [0.05, 0.1) is 4.88 Å². The number of ether oxygens (including phenoxy) is 1. The maximum atomic E-state index is 13.2. The van der Waals surface area contributed by atoms with E-state index in [0.717, 1.165) is 33.0 Å². The van der Waals surface area contributed by atoms with Crippen LogP contribution in [0.15, 0.2) is 73.1 Å². The molecule has 1 atom stereocenters. The summed E-state index contributed by atoms with van der Waals surface area (Å²) in [7, 11) is 0. The first kappa shape index (κ1) is 34.5. The van der Waals surface area contributed by atoms with Crippen LogP contribution in [0.5, 0.6) is 0 Å². The predicted molar refractivity (Wildman–Crippen MR) is 192 cm³/mol. The Morgan fingerprint density at radius 1 is 0.830 bits per heavy atom. The van der Waals surface area contributed by atoms with Crippen molar-refractivity contribution in [3.8, 4) is 22.5 Å². The number of nitrogens with zero attached hydrogens (tertiary/aromatic N) is 2. The van der Waals surface area contributed by atoms with E-state index in [1.54, 1.807) is 0 Å². The summed E-state index contributed by atoms with van der Waals surface area (Å²) in [6, 6.07) is 19.7. The first-order valence-corrected chi connectivity index (χ1v) is 17.8. The zero-order valence-corrected chi connectivity index (χ0v) is 29.7. The SMILES string of the molecule is CCC1CCC(c2ccc(-c3cnc(-c4ccc(CC(NC(=O)c5ccc(C(C)(C)C)s5)C(=O)OC(C)(C)C)cc4)nc3)cc2)CC1. The van der Waals surface area contributed by atoms with Gasteiger partial charge in [-0.1, -0.05) is 82.6 Å². The Hall–Kier alpha value is -3.84. The molecule has 5 rings (SSSR count). The first-order valence-electron chi connectivity index (χ1n) is 16.9. The Bertz CT molecular complexity index is 1640. The molecule has 0 spiro atoms. The summed E-state index contributed by atoms with van der Waals surface area (Å²) >= 11 is 1.45.